The smallest absolute Gasteiger partial charge is 0.0628 e. The Morgan fingerprint density at radius 2 is 1.84 bits per heavy atom. The van der Waals surface area contributed by atoms with Gasteiger partial charge in [0, 0.05) is 12.1 Å². The van der Waals surface area contributed by atoms with Crippen molar-refractivity contribution < 1.29 is 5.11 Å². The molecule has 0 aliphatic carbocycles. The second kappa shape index (κ2) is 5.64. The van der Waals surface area contributed by atoms with Crippen LogP contribution in [0.1, 0.15) is 52.1 Å². The normalized spacial score (nSPS) is 26.6. The van der Waals surface area contributed by atoms with Crippen LogP contribution < -0.4 is 0 Å². The Kier molecular flexibility index (Phi) is 4.32. The third kappa shape index (κ3) is 3.01. The molecule has 1 aliphatic rings. The number of aliphatic hydroxyl groups is 1. The first kappa shape index (κ1) is 14.5. The van der Waals surface area contributed by atoms with E-state index in [1.54, 1.807) is 0 Å². The Balaban J connectivity index is 2.30. The van der Waals surface area contributed by atoms with Crippen molar-refractivity contribution in [3.8, 4) is 0 Å². The number of aliphatic hydroxyl groups excluding tert-OH is 1. The lowest BCUT2D eigenvalue weighted by Gasteiger charge is -2.41. The molecule has 1 aromatic carbocycles. The van der Waals surface area contributed by atoms with Crippen molar-refractivity contribution >= 4 is 0 Å². The van der Waals surface area contributed by atoms with Gasteiger partial charge in [-0.2, -0.15) is 0 Å². The van der Waals surface area contributed by atoms with Crippen LogP contribution in [0.3, 0.4) is 0 Å². The molecule has 2 rings (SSSR count). The standard InChI is InChI=1S/C17H27NO/c1-13-10-11-16(17(2,3)4)18(13)15(12-19)14-8-6-5-7-9-14/h5-9,13,15-16,19H,10-12H2,1-4H3/t13-,15-,16+/m1/s1. The van der Waals surface area contributed by atoms with Crippen LogP contribution >= 0.6 is 0 Å². The van der Waals surface area contributed by atoms with Crippen molar-refractivity contribution in [3.05, 3.63) is 35.9 Å². The van der Waals surface area contributed by atoms with E-state index in [2.05, 4.69) is 56.9 Å². The van der Waals surface area contributed by atoms with Gasteiger partial charge in [-0.15, -0.1) is 0 Å². The van der Waals surface area contributed by atoms with Gasteiger partial charge in [0.25, 0.3) is 0 Å². The number of rotatable bonds is 3. The molecular formula is C17H27NO. The van der Waals surface area contributed by atoms with Gasteiger partial charge in [0.05, 0.1) is 12.6 Å². The van der Waals surface area contributed by atoms with E-state index in [1.807, 2.05) is 6.07 Å². The lowest BCUT2D eigenvalue weighted by atomic mass is 9.84. The molecule has 1 N–H and O–H groups in total. The summed E-state index contributed by atoms with van der Waals surface area (Å²) < 4.78 is 0. The molecule has 3 atom stereocenters. The molecule has 0 saturated carbocycles. The highest BCUT2D eigenvalue weighted by Crippen LogP contribution is 2.41. The first-order valence-electron chi connectivity index (χ1n) is 7.38. The summed E-state index contributed by atoms with van der Waals surface area (Å²) in [5.41, 5.74) is 1.49. The third-order valence-electron chi connectivity index (χ3n) is 4.44. The van der Waals surface area contributed by atoms with Gasteiger partial charge in [-0.25, -0.2) is 0 Å². The third-order valence-corrected chi connectivity index (χ3v) is 4.44. The molecule has 1 aliphatic heterocycles. The predicted molar refractivity (Wildman–Crippen MR) is 80.0 cm³/mol. The number of hydrogen-bond acceptors (Lipinski definition) is 2. The van der Waals surface area contributed by atoms with Gasteiger partial charge in [0.15, 0.2) is 0 Å². The monoisotopic (exact) mass is 261 g/mol. The SMILES string of the molecule is C[C@@H]1CC[C@@H](C(C)(C)C)N1[C@H](CO)c1ccccc1. The summed E-state index contributed by atoms with van der Waals surface area (Å²) in [6.07, 6.45) is 2.46. The Morgan fingerprint density at radius 1 is 1.21 bits per heavy atom. The zero-order valence-electron chi connectivity index (χ0n) is 12.6. The van der Waals surface area contributed by atoms with Crippen LogP contribution in [0.2, 0.25) is 0 Å². The fourth-order valence-electron chi connectivity index (χ4n) is 3.46. The zero-order chi connectivity index (χ0) is 14.0. The Bertz CT molecular complexity index is 395. The van der Waals surface area contributed by atoms with E-state index in [0.717, 1.165) is 0 Å². The fourth-order valence-corrected chi connectivity index (χ4v) is 3.46. The predicted octanol–water partition coefficient (Wildman–Crippen LogP) is 3.62. The molecule has 0 amide bonds. The second-order valence-electron chi connectivity index (χ2n) is 6.86. The zero-order valence-corrected chi connectivity index (χ0v) is 12.6. The first-order chi connectivity index (χ1) is 8.95. The first-order valence-corrected chi connectivity index (χ1v) is 7.38. The summed E-state index contributed by atoms with van der Waals surface area (Å²) in [5, 5.41) is 9.90. The Morgan fingerprint density at radius 3 is 2.37 bits per heavy atom. The molecule has 0 unspecified atom stereocenters. The highest BCUT2D eigenvalue weighted by molar-refractivity contribution is 5.20. The second-order valence-corrected chi connectivity index (χ2v) is 6.86. The quantitative estimate of drug-likeness (QED) is 0.898. The molecule has 0 radical (unpaired) electrons. The van der Waals surface area contributed by atoms with Crippen LogP contribution in [0.25, 0.3) is 0 Å². The van der Waals surface area contributed by atoms with Crippen molar-refractivity contribution in [2.24, 2.45) is 5.41 Å². The average molecular weight is 261 g/mol. The molecule has 0 bridgehead atoms. The molecule has 1 heterocycles. The van der Waals surface area contributed by atoms with Crippen LogP contribution in [-0.4, -0.2) is 28.7 Å². The van der Waals surface area contributed by atoms with Crippen molar-refractivity contribution in [2.75, 3.05) is 6.61 Å². The number of benzene rings is 1. The highest BCUT2D eigenvalue weighted by Gasteiger charge is 2.41. The van der Waals surface area contributed by atoms with Crippen LogP contribution in [0.4, 0.5) is 0 Å². The van der Waals surface area contributed by atoms with Gasteiger partial charge in [0.2, 0.25) is 0 Å². The maximum absolute atomic E-state index is 9.90. The molecule has 0 aromatic heterocycles. The topological polar surface area (TPSA) is 23.5 Å². The maximum atomic E-state index is 9.90. The highest BCUT2D eigenvalue weighted by atomic mass is 16.3. The van der Waals surface area contributed by atoms with Crippen LogP contribution in [0.15, 0.2) is 30.3 Å². The van der Waals surface area contributed by atoms with Crippen LogP contribution in [-0.2, 0) is 0 Å². The maximum Gasteiger partial charge on any atom is 0.0628 e. The van der Waals surface area contributed by atoms with Gasteiger partial charge >= 0.3 is 0 Å². The summed E-state index contributed by atoms with van der Waals surface area (Å²) in [6.45, 7) is 9.41. The average Bonchev–Trinajstić information content (AvgIpc) is 2.74. The summed E-state index contributed by atoms with van der Waals surface area (Å²) in [6, 6.07) is 11.6. The summed E-state index contributed by atoms with van der Waals surface area (Å²) in [5.74, 6) is 0. The lowest BCUT2D eigenvalue weighted by Crippen LogP contribution is -2.45. The molecule has 1 fully saturated rings. The minimum atomic E-state index is 0.128. The van der Waals surface area contributed by atoms with Crippen molar-refractivity contribution in [1.82, 2.24) is 4.90 Å². The minimum Gasteiger partial charge on any atom is -0.394 e. The Labute approximate surface area is 117 Å². The van der Waals surface area contributed by atoms with Crippen LogP contribution in [0, 0.1) is 5.41 Å². The van der Waals surface area contributed by atoms with Gasteiger partial charge < -0.3 is 5.11 Å². The van der Waals surface area contributed by atoms with E-state index in [4.69, 9.17) is 0 Å². The van der Waals surface area contributed by atoms with E-state index in [9.17, 15) is 5.11 Å². The largest absolute Gasteiger partial charge is 0.394 e. The molecular weight excluding hydrogens is 234 g/mol. The molecule has 2 nitrogen and oxygen atoms in total. The fraction of sp³-hybridized carbons (Fsp3) is 0.647. The molecule has 1 saturated heterocycles. The van der Waals surface area contributed by atoms with Gasteiger partial charge in [-0.3, -0.25) is 4.90 Å². The van der Waals surface area contributed by atoms with Gasteiger partial charge in [0.1, 0.15) is 0 Å². The van der Waals surface area contributed by atoms with Crippen molar-refractivity contribution in [1.29, 1.82) is 0 Å². The van der Waals surface area contributed by atoms with Crippen molar-refractivity contribution in [3.63, 3.8) is 0 Å². The van der Waals surface area contributed by atoms with Crippen LogP contribution in [0.5, 0.6) is 0 Å². The number of nitrogens with zero attached hydrogens (tertiary/aromatic N) is 1. The molecule has 1 aromatic rings. The van der Waals surface area contributed by atoms with E-state index in [-0.39, 0.29) is 18.1 Å². The number of likely N-dealkylation sites (tertiary alicyclic amines) is 1. The van der Waals surface area contributed by atoms with Gasteiger partial charge in [-0.1, -0.05) is 51.1 Å². The summed E-state index contributed by atoms with van der Waals surface area (Å²) in [7, 11) is 0. The van der Waals surface area contributed by atoms with E-state index in [0.29, 0.717) is 12.1 Å². The Hall–Kier alpha value is -0.860. The van der Waals surface area contributed by atoms with Gasteiger partial charge in [-0.05, 0) is 30.7 Å². The van der Waals surface area contributed by atoms with E-state index >= 15 is 0 Å². The summed E-state index contributed by atoms with van der Waals surface area (Å²) >= 11 is 0. The molecule has 2 heteroatoms. The number of hydrogen-bond donors (Lipinski definition) is 1. The molecule has 106 valence electrons. The molecule has 19 heavy (non-hydrogen) atoms. The van der Waals surface area contributed by atoms with E-state index in [1.165, 1.54) is 18.4 Å². The molecule has 0 spiro atoms. The minimum absolute atomic E-state index is 0.128. The van der Waals surface area contributed by atoms with E-state index < -0.39 is 0 Å². The van der Waals surface area contributed by atoms with Crippen molar-refractivity contribution in [2.45, 2.75) is 58.7 Å². The summed E-state index contributed by atoms with van der Waals surface area (Å²) in [4.78, 5) is 2.54. The lowest BCUT2D eigenvalue weighted by molar-refractivity contribution is 0.0378.